The lowest BCUT2D eigenvalue weighted by Gasteiger charge is -2.13. The average molecular weight is 370 g/mol. The van der Waals surface area contributed by atoms with E-state index in [9.17, 15) is 9.18 Å². The molecule has 8 heteroatoms. The summed E-state index contributed by atoms with van der Waals surface area (Å²) in [6.07, 6.45) is 1.62. The second kappa shape index (κ2) is 8.33. The van der Waals surface area contributed by atoms with Gasteiger partial charge in [0.1, 0.15) is 12.4 Å². The highest BCUT2D eigenvalue weighted by molar-refractivity contribution is 6.04. The lowest BCUT2D eigenvalue weighted by molar-refractivity contribution is 0.102. The molecular weight excluding hydrogens is 351 g/mol. The van der Waals surface area contributed by atoms with Crippen LogP contribution in [0.1, 0.15) is 10.4 Å². The minimum Gasteiger partial charge on any atom is -0.494 e. The van der Waals surface area contributed by atoms with Gasteiger partial charge in [-0.3, -0.25) is 9.89 Å². The summed E-state index contributed by atoms with van der Waals surface area (Å²) in [5.74, 6) is -0.297. The second-order valence-electron chi connectivity index (χ2n) is 5.62. The van der Waals surface area contributed by atoms with Crippen molar-refractivity contribution in [3.63, 3.8) is 0 Å². The van der Waals surface area contributed by atoms with E-state index in [4.69, 9.17) is 15.2 Å². The molecule has 0 unspecified atom stereocenters. The molecule has 3 rings (SSSR count). The number of ether oxygens (including phenoxy) is 2. The van der Waals surface area contributed by atoms with Crippen LogP contribution in [0.25, 0.3) is 11.3 Å². The molecule has 0 saturated heterocycles. The number of carbonyl (C=O) groups excluding carboxylic acids is 1. The number of methoxy groups -OCH3 is 1. The summed E-state index contributed by atoms with van der Waals surface area (Å²) in [5.41, 5.74) is 7.80. The molecule has 0 aliphatic rings. The van der Waals surface area contributed by atoms with Gasteiger partial charge in [0.25, 0.3) is 5.91 Å². The molecule has 0 aliphatic carbocycles. The fraction of sp³-hybridized carbons (Fsp3) is 0.158. The maximum Gasteiger partial charge on any atom is 0.255 e. The Morgan fingerprint density at radius 3 is 2.78 bits per heavy atom. The molecule has 1 aromatic heterocycles. The Kier molecular flexibility index (Phi) is 5.68. The Morgan fingerprint density at radius 2 is 2.07 bits per heavy atom. The molecule has 2 aromatic carbocycles. The number of aromatic amines is 1. The molecule has 140 valence electrons. The van der Waals surface area contributed by atoms with Crippen molar-refractivity contribution in [1.82, 2.24) is 10.2 Å². The van der Waals surface area contributed by atoms with Crippen LogP contribution in [0.3, 0.4) is 0 Å². The Morgan fingerprint density at radius 1 is 1.22 bits per heavy atom. The largest absolute Gasteiger partial charge is 0.494 e. The van der Waals surface area contributed by atoms with Gasteiger partial charge >= 0.3 is 0 Å². The van der Waals surface area contributed by atoms with Gasteiger partial charge in [-0.2, -0.15) is 5.10 Å². The van der Waals surface area contributed by atoms with Gasteiger partial charge < -0.3 is 20.5 Å². The van der Waals surface area contributed by atoms with Gasteiger partial charge in [0.15, 0.2) is 11.6 Å². The fourth-order valence-corrected chi connectivity index (χ4v) is 2.52. The summed E-state index contributed by atoms with van der Waals surface area (Å²) in [4.78, 5) is 12.5. The van der Waals surface area contributed by atoms with E-state index in [1.807, 2.05) is 0 Å². The summed E-state index contributed by atoms with van der Waals surface area (Å²) in [7, 11) is 1.34. The van der Waals surface area contributed by atoms with E-state index in [-0.39, 0.29) is 17.2 Å². The van der Waals surface area contributed by atoms with Gasteiger partial charge in [-0.15, -0.1) is 0 Å². The Hall–Kier alpha value is -3.39. The summed E-state index contributed by atoms with van der Waals surface area (Å²) in [6, 6.07) is 10.9. The highest BCUT2D eigenvalue weighted by Gasteiger charge is 2.13. The van der Waals surface area contributed by atoms with Gasteiger partial charge in [0.2, 0.25) is 0 Å². The SMILES string of the molecule is COc1cc(C(=O)Nc2ccc(OCCN)c(-c3ccn[nH]3)c2)ccc1F. The number of carbonyl (C=O) groups is 1. The number of nitrogens with one attached hydrogen (secondary N) is 2. The predicted octanol–water partition coefficient (Wildman–Crippen LogP) is 2.81. The normalized spacial score (nSPS) is 10.5. The van der Waals surface area contributed by atoms with Gasteiger partial charge in [-0.25, -0.2) is 4.39 Å². The van der Waals surface area contributed by atoms with Crippen LogP contribution >= 0.6 is 0 Å². The maximum atomic E-state index is 13.5. The topological polar surface area (TPSA) is 102 Å². The molecule has 0 radical (unpaired) electrons. The summed E-state index contributed by atoms with van der Waals surface area (Å²) < 4.78 is 24.1. The number of anilines is 1. The smallest absolute Gasteiger partial charge is 0.255 e. The van der Waals surface area contributed by atoms with E-state index < -0.39 is 5.82 Å². The molecule has 1 heterocycles. The van der Waals surface area contributed by atoms with Gasteiger partial charge in [-0.1, -0.05) is 0 Å². The van der Waals surface area contributed by atoms with E-state index in [2.05, 4.69) is 15.5 Å². The standard InChI is InChI=1S/C19H19FN4O3/c1-26-18-10-12(2-4-15(18)20)19(25)23-13-3-5-17(27-9-7-21)14(11-13)16-6-8-22-24-16/h2-6,8,10-11H,7,9,21H2,1H3,(H,22,24)(H,23,25). The number of nitrogens with two attached hydrogens (primary N) is 1. The molecule has 0 aliphatic heterocycles. The molecule has 0 spiro atoms. The van der Waals surface area contributed by atoms with Crippen LogP contribution in [0.4, 0.5) is 10.1 Å². The quantitative estimate of drug-likeness (QED) is 0.593. The zero-order valence-electron chi connectivity index (χ0n) is 14.7. The van der Waals surface area contributed by atoms with Gasteiger partial charge in [0.05, 0.1) is 12.8 Å². The monoisotopic (exact) mass is 370 g/mol. The third kappa shape index (κ3) is 4.24. The van der Waals surface area contributed by atoms with Crippen molar-refractivity contribution in [3.05, 3.63) is 60.0 Å². The Balaban J connectivity index is 1.86. The van der Waals surface area contributed by atoms with Crippen molar-refractivity contribution < 1.29 is 18.7 Å². The van der Waals surface area contributed by atoms with Crippen LogP contribution in [0.2, 0.25) is 0 Å². The minimum absolute atomic E-state index is 0.00586. The van der Waals surface area contributed by atoms with Crippen molar-refractivity contribution in [2.45, 2.75) is 0 Å². The van der Waals surface area contributed by atoms with Crippen molar-refractivity contribution in [3.8, 4) is 22.8 Å². The number of rotatable bonds is 7. The van der Waals surface area contributed by atoms with Crippen LogP contribution in [0.15, 0.2) is 48.7 Å². The maximum absolute atomic E-state index is 13.5. The van der Waals surface area contributed by atoms with Crippen molar-refractivity contribution in [1.29, 1.82) is 0 Å². The first kappa shape index (κ1) is 18.4. The zero-order valence-corrected chi connectivity index (χ0v) is 14.7. The molecule has 0 atom stereocenters. The number of benzene rings is 2. The average Bonchev–Trinajstić information content (AvgIpc) is 3.21. The lowest BCUT2D eigenvalue weighted by atomic mass is 10.1. The summed E-state index contributed by atoms with van der Waals surface area (Å²) in [5, 5.41) is 9.60. The number of nitrogens with zero attached hydrogens (tertiary/aromatic N) is 1. The molecule has 3 aromatic rings. The molecule has 0 bridgehead atoms. The van der Waals surface area contributed by atoms with Crippen molar-refractivity contribution in [2.24, 2.45) is 5.73 Å². The van der Waals surface area contributed by atoms with Crippen LogP contribution in [-0.2, 0) is 0 Å². The van der Waals surface area contributed by atoms with E-state index in [0.29, 0.717) is 24.6 Å². The number of halogens is 1. The van der Waals surface area contributed by atoms with Gasteiger partial charge in [0, 0.05) is 29.6 Å². The lowest BCUT2D eigenvalue weighted by Crippen LogP contribution is -2.13. The molecule has 27 heavy (non-hydrogen) atoms. The first-order valence-electron chi connectivity index (χ1n) is 8.24. The number of hydrogen-bond acceptors (Lipinski definition) is 5. The van der Waals surface area contributed by atoms with Crippen LogP contribution in [0, 0.1) is 5.82 Å². The Bertz CT molecular complexity index is 929. The van der Waals surface area contributed by atoms with Crippen molar-refractivity contribution in [2.75, 3.05) is 25.6 Å². The second-order valence-corrected chi connectivity index (χ2v) is 5.62. The highest BCUT2D eigenvalue weighted by Crippen LogP contribution is 2.31. The molecule has 4 N–H and O–H groups in total. The number of aromatic nitrogens is 2. The summed E-state index contributed by atoms with van der Waals surface area (Å²) in [6.45, 7) is 0.746. The molecule has 1 amide bonds. The van der Waals surface area contributed by atoms with E-state index in [1.165, 1.54) is 25.3 Å². The van der Waals surface area contributed by atoms with Crippen molar-refractivity contribution >= 4 is 11.6 Å². The molecule has 0 fully saturated rings. The van der Waals surface area contributed by atoms with Crippen LogP contribution in [0.5, 0.6) is 11.5 Å². The first-order valence-corrected chi connectivity index (χ1v) is 8.24. The predicted molar refractivity (Wildman–Crippen MR) is 99.5 cm³/mol. The minimum atomic E-state index is -0.531. The molecular formula is C19H19FN4O3. The third-order valence-electron chi connectivity index (χ3n) is 3.82. The molecule has 0 saturated carbocycles. The van der Waals surface area contributed by atoms with E-state index in [0.717, 1.165) is 11.3 Å². The zero-order chi connectivity index (χ0) is 19.2. The number of hydrogen-bond donors (Lipinski definition) is 3. The Labute approximate surface area is 155 Å². The number of amides is 1. The highest BCUT2D eigenvalue weighted by atomic mass is 19.1. The first-order chi connectivity index (χ1) is 13.1. The number of H-pyrrole nitrogens is 1. The van der Waals surface area contributed by atoms with E-state index in [1.54, 1.807) is 30.5 Å². The van der Waals surface area contributed by atoms with Gasteiger partial charge in [-0.05, 0) is 42.5 Å². The fourth-order valence-electron chi connectivity index (χ4n) is 2.52. The van der Waals surface area contributed by atoms with Crippen LogP contribution in [-0.4, -0.2) is 36.4 Å². The van der Waals surface area contributed by atoms with Crippen LogP contribution < -0.4 is 20.5 Å². The van der Waals surface area contributed by atoms with E-state index >= 15 is 0 Å². The summed E-state index contributed by atoms with van der Waals surface area (Å²) >= 11 is 0. The third-order valence-corrected chi connectivity index (χ3v) is 3.82. The molecule has 7 nitrogen and oxygen atoms in total.